The van der Waals surface area contributed by atoms with E-state index in [1.165, 1.54) is 17.7 Å². The Hall–Kier alpha value is -3.52. The molecule has 3 aromatic carbocycles. The summed E-state index contributed by atoms with van der Waals surface area (Å²) in [6.07, 6.45) is 2.77. The summed E-state index contributed by atoms with van der Waals surface area (Å²) in [4.78, 5) is 16.1. The maximum Gasteiger partial charge on any atom is 0.217 e. The van der Waals surface area contributed by atoms with Crippen molar-refractivity contribution < 1.29 is 18.9 Å². The van der Waals surface area contributed by atoms with Crippen LogP contribution in [0.5, 0.6) is 5.75 Å². The van der Waals surface area contributed by atoms with Gasteiger partial charge in [-0.15, -0.1) is 0 Å². The van der Waals surface area contributed by atoms with Crippen LogP contribution in [-0.2, 0) is 26.5 Å². The molecule has 14 heteroatoms. The molecule has 0 aliphatic carbocycles. The number of piperazine rings is 1. The van der Waals surface area contributed by atoms with Gasteiger partial charge >= 0.3 is 0 Å². The number of thioether (sulfide) groups is 1. The molecule has 0 bridgehead atoms. The van der Waals surface area contributed by atoms with E-state index in [0.717, 1.165) is 49.3 Å². The van der Waals surface area contributed by atoms with Gasteiger partial charge in [-0.05, 0) is 74.5 Å². The zero-order valence-electron chi connectivity index (χ0n) is 28.3. The number of halogens is 2. The van der Waals surface area contributed by atoms with Gasteiger partial charge in [-0.25, -0.2) is 14.7 Å². The molecule has 264 valence electrons. The number of amidine groups is 1. The number of nitrogens with zero attached hydrogens (tertiary/aromatic N) is 7. The van der Waals surface area contributed by atoms with Crippen LogP contribution in [0.25, 0.3) is 0 Å². The van der Waals surface area contributed by atoms with E-state index in [1.807, 2.05) is 18.2 Å². The van der Waals surface area contributed by atoms with Gasteiger partial charge in [0.25, 0.3) is 0 Å². The Morgan fingerprint density at radius 3 is 2.30 bits per heavy atom. The fourth-order valence-electron chi connectivity index (χ4n) is 6.40. The van der Waals surface area contributed by atoms with Gasteiger partial charge in [0.1, 0.15) is 43.1 Å². The molecule has 11 nitrogen and oxygen atoms in total. The van der Waals surface area contributed by atoms with Crippen LogP contribution < -0.4 is 14.5 Å². The molecule has 0 saturated carbocycles. The first kappa shape index (κ1) is 34.9. The monoisotopic (exact) mass is 737 g/mol. The number of anilines is 2. The largest absolute Gasteiger partial charge is 0.491 e. The van der Waals surface area contributed by atoms with Crippen LogP contribution in [0.3, 0.4) is 0 Å². The van der Waals surface area contributed by atoms with Crippen molar-refractivity contribution >= 4 is 57.2 Å². The minimum absolute atomic E-state index is 0.122. The zero-order chi connectivity index (χ0) is 34.7. The molecule has 1 aromatic heterocycles. The van der Waals surface area contributed by atoms with Gasteiger partial charge in [0.15, 0.2) is 5.17 Å². The number of hydrogen-bond acceptors (Lipinski definition) is 10. The van der Waals surface area contributed by atoms with Crippen LogP contribution in [0.2, 0.25) is 10.0 Å². The highest BCUT2D eigenvalue weighted by atomic mass is 35.5. The quantitative estimate of drug-likeness (QED) is 0.166. The lowest BCUT2D eigenvalue weighted by Crippen LogP contribution is -2.46. The summed E-state index contributed by atoms with van der Waals surface area (Å²) in [6.45, 7) is 9.89. The molecule has 0 radical (unpaired) electrons. The van der Waals surface area contributed by atoms with Crippen LogP contribution in [0.1, 0.15) is 19.4 Å². The first-order valence-corrected chi connectivity index (χ1v) is 18.4. The third-order valence-electron chi connectivity index (χ3n) is 9.11. The molecule has 50 heavy (non-hydrogen) atoms. The molecule has 3 aliphatic rings. The van der Waals surface area contributed by atoms with Gasteiger partial charge in [-0.1, -0.05) is 41.0 Å². The predicted octanol–water partition coefficient (Wildman–Crippen LogP) is 6.68. The SMILES string of the molecule is COC1CN(C(C)C)/C(=N/c2ccc(N3CCN(c4ccc(OCC5COC(Cn6cncn6)(c6ccc(Cl)cc6Cl)O5)cc4)CC3)cc2)S1. The number of rotatable bonds is 11. The molecule has 0 amide bonds. The summed E-state index contributed by atoms with van der Waals surface area (Å²) < 4.78 is 26.2. The van der Waals surface area contributed by atoms with Crippen molar-refractivity contribution in [1.82, 2.24) is 19.7 Å². The van der Waals surface area contributed by atoms with E-state index in [4.69, 9.17) is 47.1 Å². The summed E-state index contributed by atoms with van der Waals surface area (Å²) in [5.41, 5.74) is 4.15. The lowest BCUT2D eigenvalue weighted by Gasteiger charge is -2.37. The molecule has 0 N–H and O–H groups in total. The van der Waals surface area contributed by atoms with E-state index in [2.05, 4.69) is 75.0 Å². The van der Waals surface area contributed by atoms with Crippen molar-refractivity contribution in [2.45, 2.75) is 43.8 Å². The molecule has 0 spiro atoms. The Labute approximate surface area is 307 Å². The standard InChI is InChI=1S/C36H41Cl2N7O4S/c1-25(2)45-19-34(46-3)50-35(45)41-27-5-7-28(8-6-27)42-14-16-43(17-15-42)29-9-11-30(12-10-29)47-20-31-21-48-36(49-31,22-44-24-39-23-40-44)32-13-4-26(37)18-33(32)38/h4-13,18,23-25,31,34H,14-17,19-22H2,1-3H3/b41-35-. The minimum Gasteiger partial charge on any atom is -0.491 e. The Kier molecular flexibility index (Phi) is 10.7. The van der Waals surface area contributed by atoms with E-state index >= 15 is 0 Å². The number of hydrogen-bond donors (Lipinski definition) is 0. The summed E-state index contributed by atoms with van der Waals surface area (Å²) in [5, 5.41) is 6.25. The summed E-state index contributed by atoms with van der Waals surface area (Å²) in [7, 11) is 1.76. The fraction of sp³-hybridized carbons (Fsp3) is 0.417. The molecule has 3 atom stereocenters. The van der Waals surface area contributed by atoms with E-state index in [9.17, 15) is 0 Å². The number of benzene rings is 3. The van der Waals surface area contributed by atoms with Crippen molar-refractivity contribution in [2.24, 2.45) is 4.99 Å². The maximum absolute atomic E-state index is 6.59. The van der Waals surface area contributed by atoms with Gasteiger partial charge in [0, 0.05) is 61.3 Å². The number of aromatic nitrogens is 3. The Balaban J connectivity index is 0.913. The average molecular weight is 739 g/mol. The highest BCUT2D eigenvalue weighted by molar-refractivity contribution is 8.14. The molecule has 7 rings (SSSR count). The summed E-state index contributed by atoms with van der Waals surface area (Å²) in [6, 6.07) is 22.5. The molecule has 4 aromatic rings. The van der Waals surface area contributed by atoms with Crippen molar-refractivity contribution in [1.29, 1.82) is 0 Å². The Morgan fingerprint density at radius 2 is 1.68 bits per heavy atom. The highest BCUT2D eigenvalue weighted by Gasteiger charge is 2.45. The third-order valence-corrected chi connectivity index (χ3v) is 10.8. The van der Waals surface area contributed by atoms with Gasteiger partial charge in [0.2, 0.25) is 5.79 Å². The molecule has 3 unspecified atom stereocenters. The van der Waals surface area contributed by atoms with E-state index in [0.29, 0.717) is 34.9 Å². The first-order valence-electron chi connectivity index (χ1n) is 16.8. The number of aliphatic imine (C=N–C) groups is 1. The van der Waals surface area contributed by atoms with Gasteiger partial charge in [-0.3, -0.25) is 0 Å². The van der Waals surface area contributed by atoms with Gasteiger partial charge < -0.3 is 33.6 Å². The molecular weight excluding hydrogens is 697 g/mol. The van der Waals surface area contributed by atoms with E-state index in [-0.39, 0.29) is 18.1 Å². The van der Waals surface area contributed by atoms with Crippen molar-refractivity contribution in [3.8, 4) is 5.75 Å². The summed E-state index contributed by atoms with van der Waals surface area (Å²) >= 11 is 14.4. The van der Waals surface area contributed by atoms with E-state index in [1.54, 1.807) is 42.0 Å². The molecular formula is C36H41Cl2N7O4S. The predicted molar refractivity (Wildman–Crippen MR) is 199 cm³/mol. The third kappa shape index (κ3) is 7.85. The molecule has 3 saturated heterocycles. The van der Waals surface area contributed by atoms with Crippen LogP contribution >= 0.6 is 35.0 Å². The zero-order valence-corrected chi connectivity index (χ0v) is 30.7. The van der Waals surface area contributed by atoms with Crippen LogP contribution in [0.15, 0.2) is 84.4 Å². The second-order valence-electron chi connectivity index (χ2n) is 12.7. The molecule has 3 aliphatic heterocycles. The maximum atomic E-state index is 6.59. The normalized spacial score (nSPS) is 23.4. The molecule has 4 heterocycles. The lowest BCUT2D eigenvalue weighted by atomic mass is 10.1. The molecule has 3 fully saturated rings. The smallest absolute Gasteiger partial charge is 0.217 e. The number of methoxy groups -OCH3 is 1. The Bertz CT molecular complexity index is 1760. The fourth-order valence-corrected chi connectivity index (χ4v) is 8.10. The van der Waals surface area contributed by atoms with Crippen LogP contribution in [0, 0.1) is 0 Å². The Morgan fingerprint density at radius 1 is 0.980 bits per heavy atom. The first-order chi connectivity index (χ1) is 24.3. The average Bonchev–Trinajstić information content (AvgIpc) is 3.89. The summed E-state index contributed by atoms with van der Waals surface area (Å²) in [5.74, 6) is -0.382. The van der Waals surface area contributed by atoms with Crippen LogP contribution in [0.4, 0.5) is 17.1 Å². The number of ether oxygens (including phenoxy) is 4. The van der Waals surface area contributed by atoms with Crippen molar-refractivity contribution in [2.75, 3.05) is 62.8 Å². The minimum atomic E-state index is -1.15. The van der Waals surface area contributed by atoms with Gasteiger partial charge in [-0.2, -0.15) is 5.10 Å². The lowest BCUT2D eigenvalue weighted by molar-refractivity contribution is -0.190. The second kappa shape index (κ2) is 15.4. The topological polar surface area (TPSA) is 89.7 Å². The van der Waals surface area contributed by atoms with E-state index < -0.39 is 5.79 Å². The van der Waals surface area contributed by atoms with Crippen molar-refractivity contribution in [3.63, 3.8) is 0 Å². The second-order valence-corrected chi connectivity index (χ2v) is 14.7. The van der Waals surface area contributed by atoms with Crippen molar-refractivity contribution in [3.05, 3.63) is 95.0 Å². The van der Waals surface area contributed by atoms with Crippen LogP contribution in [-0.4, -0.2) is 95.5 Å². The highest BCUT2D eigenvalue weighted by Crippen LogP contribution is 2.40. The van der Waals surface area contributed by atoms with Gasteiger partial charge in [0.05, 0.1) is 23.9 Å².